The van der Waals surface area contributed by atoms with E-state index in [1.807, 2.05) is 36.2 Å². The van der Waals surface area contributed by atoms with Crippen LogP contribution in [0.1, 0.15) is 45.2 Å². The molecule has 1 aromatic carbocycles. The number of carbonyl (C=O) groups excluding carboxylic acids is 1. The molecule has 0 heterocycles. The van der Waals surface area contributed by atoms with Gasteiger partial charge in [-0.3, -0.25) is 0 Å². The van der Waals surface area contributed by atoms with Crippen molar-refractivity contribution < 1.29 is 4.79 Å². The summed E-state index contributed by atoms with van der Waals surface area (Å²) in [4.78, 5) is 14.0. The van der Waals surface area contributed by atoms with Crippen molar-refractivity contribution in [2.45, 2.75) is 39.7 Å². The van der Waals surface area contributed by atoms with E-state index in [1.54, 1.807) is 0 Å². The van der Waals surface area contributed by atoms with Gasteiger partial charge in [0.15, 0.2) is 0 Å². The monoisotopic (exact) mass is 277 g/mol. The lowest BCUT2D eigenvalue weighted by atomic mass is 10.1. The van der Waals surface area contributed by atoms with Gasteiger partial charge in [0, 0.05) is 24.8 Å². The van der Waals surface area contributed by atoms with Crippen molar-refractivity contribution in [2.24, 2.45) is 0 Å². The average Bonchev–Trinajstić information content (AvgIpc) is 2.47. The van der Waals surface area contributed by atoms with Crippen molar-refractivity contribution >= 4 is 11.7 Å². The molecule has 0 aliphatic carbocycles. The summed E-state index contributed by atoms with van der Waals surface area (Å²) < 4.78 is 0. The summed E-state index contributed by atoms with van der Waals surface area (Å²) in [6, 6.07) is 8.30. The SMILES string of the molecule is CCCN(CCC)C(=O)Nc1ccc(C(C)NC)cc1. The molecule has 0 aliphatic rings. The number of anilines is 1. The van der Waals surface area contributed by atoms with Crippen LogP contribution in [0.15, 0.2) is 24.3 Å². The van der Waals surface area contributed by atoms with E-state index in [-0.39, 0.29) is 6.03 Å². The number of hydrogen-bond donors (Lipinski definition) is 2. The summed E-state index contributed by atoms with van der Waals surface area (Å²) in [5.74, 6) is 0. The Bertz CT molecular complexity index is 397. The van der Waals surface area contributed by atoms with E-state index in [4.69, 9.17) is 0 Å². The van der Waals surface area contributed by atoms with E-state index in [2.05, 4.69) is 31.4 Å². The summed E-state index contributed by atoms with van der Waals surface area (Å²) in [5.41, 5.74) is 2.06. The maximum atomic E-state index is 12.2. The lowest BCUT2D eigenvalue weighted by Gasteiger charge is -2.22. The van der Waals surface area contributed by atoms with E-state index in [0.717, 1.165) is 31.6 Å². The first-order chi connectivity index (χ1) is 9.62. The Morgan fingerprint density at radius 2 is 1.70 bits per heavy atom. The van der Waals surface area contributed by atoms with Crippen molar-refractivity contribution in [2.75, 3.05) is 25.5 Å². The normalized spacial score (nSPS) is 12.0. The maximum Gasteiger partial charge on any atom is 0.321 e. The summed E-state index contributed by atoms with van der Waals surface area (Å²) >= 11 is 0. The second kappa shape index (κ2) is 8.59. The van der Waals surface area contributed by atoms with Gasteiger partial charge in [-0.05, 0) is 44.5 Å². The minimum Gasteiger partial charge on any atom is -0.325 e. The predicted molar refractivity (Wildman–Crippen MR) is 85.1 cm³/mol. The first kappa shape index (κ1) is 16.5. The zero-order chi connectivity index (χ0) is 15.0. The number of rotatable bonds is 7. The van der Waals surface area contributed by atoms with E-state index in [9.17, 15) is 4.79 Å². The number of urea groups is 1. The zero-order valence-electron chi connectivity index (χ0n) is 13.1. The largest absolute Gasteiger partial charge is 0.325 e. The third-order valence-corrected chi connectivity index (χ3v) is 3.37. The lowest BCUT2D eigenvalue weighted by molar-refractivity contribution is 0.211. The van der Waals surface area contributed by atoms with Crippen molar-refractivity contribution in [3.05, 3.63) is 29.8 Å². The molecule has 1 atom stereocenters. The van der Waals surface area contributed by atoms with Crippen LogP contribution >= 0.6 is 0 Å². The van der Waals surface area contributed by atoms with E-state index in [0.29, 0.717) is 6.04 Å². The molecule has 4 heteroatoms. The van der Waals surface area contributed by atoms with E-state index >= 15 is 0 Å². The van der Waals surface area contributed by atoms with Gasteiger partial charge in [-0.25, -0.2) is 4.79 Å². The smallest absolute Gasteiger partial charge is 0.321 e. The van der Waals surface area contributed by atoms with Gasteiger partial charge in [0.1, 0.15) is 0 Å². The van der Waals surface area contributed by atoms with Crippen LogP contribution in [0, 0.1) is 0 Å². The molecule has 20 heavy (non-hydrogen) atoms. The lowest BCUT2D eigenvalue weighted by Crippen LogP contribution is -2.36. The molecule has 0 aliphatic heterocycles. The summed E-state index contributed by atoms with van der Waals surface area (Å²) in [6.07, 6.45) is 1.96. The molecule has 2 amide bonds. The predicted octanol–water partition coefficient (Wildman–Crippen LogP) is 3.62. The third kappa shape index (κ3) is 4.85. The Hall–Kier alpha value is -1.55. The standard InChI is InChI=1S/C16H27N3O/c1-5-11-19(12-6-2)16(20)18-15-9-7-14(8-10-15)13(3)17-4/h7-10,13,17H,5-6,11-12H2,1-4H3,(H,18,20). The van der Waals surface area contributed by atoms with Crippen molar-refractivity contribution in [1.29, 1.82) is 0 Å². The molecule has 1 rings (SSSR count). The minimum atomic E-state index is -0.0110. The Labute approximate surface area is 122 Å². The van der Waals surface area contributed by atoms with Gasteiger partial charge in [-0.2, -0.15) is 0 Å². The molecule has 1 aromatic rings. The average molecular weight is 277 g/mol. The van der Waals surface area contributed by atoms with Gasteiger partial charge in [-0.15, -0.1) is 0 Å². The Balaban J connectivity index is 2.65. The zero-order valence-corrected chi connectivity index (χ0v) is 13.1. The summed E-state index contributed by atoms with van der Waals surface area (Å²) in [6.45, 7) is 7.88. The fourth-order valence-corrected chi connectivity index (χ4v) is 2.08. The molecule has 0 saturated carbocycles. The van der Waals surface area contributed by atoms with E-state index in [1.165, 1.54) is 5.56 Å². The van der Waals surface area contributed by atoms with Gasteiger partial charge in [0.25, 0.3) is 0 Å². The quantitative estimate of drug-likeness (QED) is 0.799. The van der Waals surface area contributed by atoms with Crippen LogP contribution in [-0.4, -0.2) is 31.1 Å². The van der Waals surface area contributed by atoms with Crippen molar-refractivity contribution in [3.8, 4) is 0 Å². The van der Waals surface area contributed by atoms with Crippen LogP contribution in [-0.2, 0) is 0 Å². The van der Waals surface area contributed by atoms with Crippen LogP contribution in [0.4, 0.5) is 10.5 Å². The highest BCUT2D eigenvalue weighted by atomic mass is 16.2. The highest BCUT2D eigenvalue weighted by Crippen LogP contribution is 2.16. The Morgan fingerprint density at radius 3 is 2.15 bits per heavy atom. The van der Waals surface area contributed by atoms with Crippen LogP contribution in [0.25, 0.3) is 0 Å². The first-order valence-electron chi connectivity index (χ1n) is 7.45. The molecular formula is C16H27N3O. The number of amides is 2. The molecule has 2 N–H and O–H groups in total. The molecule has 0 fully saturated rings. The summed E-state index contributed by atoms with van der Waals surface area (Å²) in [5, 5.41) is 6.16. The second-order valence-corrected chi connectivity index (χ2v) is 5.05. The maximum absolute atomic E-state index is 12.2. The molecular weight excluding hydrogens is 250 g/mol. The number of hydrogen-bond acceptors (Lipinski definition) is 2. The van der Waals surface area contributed by atoms with Gasteiger partial charge in [-0.1, -0.05) is 26.0 Å². The first-order valence-corrected chi connectivity index (χ1v) is 7.45. The number of nitrogens with one attached hydrogen (secondary N) is 2. The fourth-order valence-electron chi connectivity index (χ4n) is 2.08. The molecule has 4 nitrogen and oxygen atoms in total. The van der Waals surface area contributed by atoms with Crippen LogP contribution in [0.5, 0.6) is 0 Å². The van der Waals surface area contributed by atoms with Gasteiger partial charge in [0.2, 0.25) is 0 Å². The summed E-state index contributed by atoms with van der Waals surface area (Å²) in [7, 11) is 1.94. The Morgan fingerprint density at radius 1 is 1.15 bits per heavy atom. The highest BCUT2D eigenvalue weighted by Gasteiger charge is 2.11. The van der Waals surface area contributed by atoms with E-state index < -0.39 is 0 Å². The van der Waals surface area contributed by atoms with Crippen LogP contribution in [0.3, 0.4) is 0 Å². The van der Waals surface area contributed by atoms with Gasteiger partial charge >= 0.3 is 6.03 Å². The molecule has 0 bridgehead atoms. The molecule has 0 aromatic heterocycles. The van der Waals surface area contributed by atoms with Gasteiger partial charge < -0.3 is 15.5 Å². The molecule has 0 saturated heterocycles. The number of benzene rings is 1. The molecule has 1 unspecified atom stereocenters. The number of carbonyl (C=O) groups is 1. The molecule has 0 radical (unpaired) electrons. The second-order valence-electron chi connectivity index (χ2n) is 5.05. The topological polar surface area (TPSA) is 44.4 Å². The van der Waals surface area contributed by atoms with Gasteiger partial charge in [0.05, 0.1) is 0 Å². The van der Waals surface area contributed by atoms with Crippen LogP contribution < -0.4 is 10.6 Å². The van der Waals surface area contributed by atoms with Crippen LogP contribution in [0.2, 0.25) is 0 Å². The molecule has 112 valence electrons. The third-order valence-electron chi connectivity index (χ3n) is 3.37. The fraction of sp³-hybridized carbons (Fsp3) is 0.562. The number of nitrogens with zero attached hydrogens (tertiary/aromatic N) is 1. The minimum absolute atomic E-state index is 0.0110. The van der Waals surface area contributed by atoms with Crippen molar-refractivity contribution in [1.82, 2.24) is 10.2 Å². The Kier molecular flexibility index (Phi) is 7.09. The molecule has 0 spiro atoms. The van der Waals surface area contributed by atoms with Crippen molar-refractivity contribution in [3.63, 3.8) is 0 Å². The highest BCUT2D eigenvalue weighted by molar-refractivity contribution is 5.89.